The number of carbonyl (C=O) groups is 1. The SMILES string of the molecule is C/C=C\CCCC(=O)Oc1ccccc1.F[C@H]1CCCC1/C=C/CC1Cc2ccccc2C1. The standard InChI is InChI=1S/C17H21F.C13H16O2/c18-17-10-4-9-14(17)8-3-5-13-11-15-6-1-2-7-16(15)12-13;1-2-3-4-8-11-13(14)15-12-9-6-5-7-10-12/h1-3,6-8,13-14,17H,4-5,9-12H2;2-3,5-7,9-10H,4,8,11H2,1H3/b8-3+;3-2-/t14?,17-;/m0./s1. The number of esters is 1. The quantitative estimate of drug-likeness (QED) is 0.178. The number of benzene rings is 2. The first-order chi connectivity index (χ1) is 16.2. The summed E-state index contributed by atoms with van der Waals surface area (Å²) in [5, 5.41) is 0. The lowest BCUT2D eigenvalue weighted by Gasteiger charge is -2.08. The third-order valence-corrected chi connectivity index (χ3v) is 6.43. The van der Waals surface area contributed by atoms with Crippen molar-refractivity contribution in [3.05, 3.63) is 90.0 Å². The molecule has 4 rings (SSSR count). The molecule has 0 heterocycles. The van der Waals surface area contributed by atoms with Crippen molar-refractivity contribution in [1.82, 2.24) is 0 Å². The second kappa shape index (κ2) is 13.8. The Kier molecular flexibility index (Phi) is 10.4. The Morgan fingerprint density at radius 3 is 2.33 bits per heavy atom. The lowest BCUT2D eigenvalue weighted by Crippen LogP contribution is -2.06. The molecule has 0 saturated heterocycles. The van der Waals surface area contributed by atoms with E-state index in [2.05, 4.69) is 42.5 Å². The highest BCUT2D eigenvalue weighted by Crippen LogP contribution is 2.31. The fraction of sp³-hybridized carbons (Fsp3) is 0.433. The van der Waals surface area contributed by atoms with Gasteiger partial charge >= 0.3 is 5.97 Å². The van der Waals surface area contributed by atoms with E-state index in [0.717, 1.165) is 44.4 Å². The van der Waals surface area contributed by atoms with Crippen molar-refractivity contribution in [3.8, 4) is 5.75 Å². The normalized spacial score (nSPS) is 20.1. The van der Waals surface area contributed by atoms with Gasteiger partial charge < -0.3 is 4.74 Å². The van der Waals surface area contributed by atoms with Crippen LogP contribution in [-0.4, -0.2) is 12.1 Å². The van der Waals surface area contributed by atoms with Gasteiger partial charge in [-0.15, -0.1) is 0 Å². The van der Waals surface area contributed by atoms with Crippen LogP contribution in [0.3, 0.4) is 0 Å². The van der Waals surface area contributed by atoms with Crippen molar-refractivity contribution in [2.45, 2.75) is 70.9 Å². The summed E-state index contributed by atoms with van der Waals surface area (Å²) in [7, 11) is 0. The average Bonchev–Trinajstić information content (AvgIpc) is 3.43. The largest absolute Gasteiger partial charge is 0.427 e. The van der Waals surface area contributed by atoms with E-state index in [0.29, 0.717) is 12.2 Å². The van der Waals surface area contributed by atoms with Crippen LogP contribution in [0.25, 0.3) is 0 Å². The maximum atomic E-state index is 13.5. The van der Waals surface area contributed by atoms with Crippen molar-refractivity contribution in [1.29, 1.82) is 0 Å². The Morgan fingerprint density at radius 2 is 1.70 bits per heavy atom. The molecule has 0 bridgehead atoms. The molecule has 2 aromatic rings. The molecular weight excluding hydrogens is 411 g/mol. The van der Waals surface area contributed by atoms with E-state index in [1.165, 1.54) is 24.0 Å². The van der Waals surface area contributed by atoms with E-state index in [1.807, 2.05) is 31.2 Å². The van der Waals surface area contributed by atoms with Crippen LogP contribution in [0.5, 0.6) is 5.75 Å². The fourth-order valence-corrected chi connectivity index (χ4v) is 4.62. The first-order valence-corrected chi connectivity index (χ1v) is 12.4. The second-order valence-corrected chi connectivity index (χ2v) is 9.07. The van der Waals surface area contributed by atoms with E-state index < -0.39 is 6.17 Å². The Hall–Kier alpha value is -2.68. The molecule has 1 unspecified atom stereocenters. The molecule has 2 aromatic carbocycles. The molecule has 1 saturated carbocycles. The minimum atomic E-state index is -0.581. The van der Waals surface area contributed by atoms with Gasteiger partial charge in [-0.2, -0.15) is 0 Å². The van der Waals surface area contributed by atoms with E-state index in [1.54, 1.807) is 12.1 Å². The van der Waals surface area contributed by atoms with E-state index >= 15 is 0 Å². The highest BCUT2D eigenvalue weighted by Gasteiger charge is 2.24. The number of carbonyl (C=O) groups excluding carboxylic acids is 1. The number of fused-ring (bicyclic) bond motifs is 1. The zero-order valence-corrected chi connectivity index (χ0v) is 19.8. The summed E-state index contributed by atoms with van der Waals surface area (Å²) in [6.45, 7) is 1.97. The summed E-state index contributed by atoms with van der Waals surface area (Å²) in [6.07, 6.45) is 16.5. The summed E-state index contributed by atoms with van der Waals surface area (Å²) in [5.74, 6) is 1.39. The first kappa shape index (κ1) is 25.0. The lowest BCUT2D eigenvalue weighted by molar-refractivity contribution is -0.134. The van der Waals surface area contributed by atoms with Gasteiger partial charge in [0.05, 0.1) is 0 Å². The lowest BCUT2D eigenvalue weighted by atomic mass is 9.99. The van der Waals surface area contributed by atoms with Gasteiger partial charge in [0.15, 0.2) is 0 Å². The first-order valence-electron chi connectivity index (χ1n) is 12.4. The van der Waals surface area contributed by atoms with E-state index in [-0.39, 0.29) is 11.9 Å². The van der Waals surface area contributed by atoms with E-state index in [9.17, 15) is 9.18 Å². The molecule has 2 aliphatic carbocycles. The average molecular weight is 449 g/mol. The molecule has 2 atom stereocenters. The third-order valence-electron chi connectivity index (χ3n) is 6.43. The number of para-hydroxylation sites is 1. The Labute approximate surface area is 198 Å². The number of ether oxygens (including phenoxy) is 1. The molecular formula is C30H37FO2. The molecule has 33 heavy (non-hydrogen) atoms. The van der Waals surface area contributed by atoms with Gasteiger partial charge in [-0.05, 0) is 87.5 Å². The predicted octanol–water partition coefficient (Wildman–Crippen LogP) is 7.82. The minimum Gasteiger partial charge on any atom is -0.427 e. The zero-order chi connectivity index (χ0) is 23.3. The summed E-state index contributed by atoms with van der Waals surface area (Å²) in [4.78, 5) is 11.3. The van der Waals surface area contributed by atoms with Crippen LogP contribution in [0.15, 0.2) is 78.9 Å². The number of hydrogen-bond acceptors (Lipinski definition) is 2. The van der Waals surface area contributed by atoms with Gasteiger partial charge in [0.2, 0.25) is 0 Å². The van der Waals surface area contributed by atoms with Gasteiger partial charge in [0.25, 0.3) is 0 Å². The number of hydrogen-bond donors (Lipinski definition) is 0. The molecule has 2 aliphatic rings. The molecule has 0 N–H and O–H groups in total. The summed E-state index contributed by atoms with van der Waals surface area (Å²) >= 11 is 0. The fourth-order valence-electron chi connectivity index (χ4n) is 4.62. The summed E-state index contributed by atoms with van der Waals surface area (Å²) in [5.41, 5.74) is 3.03. The number of alkyl halides is 1. The van der Waals surface area contributed by atoms with Crippen LogP contribution < -0.4 is 4.74 Å². The predicted molar refractivity (Wildman–Crippen MR) is 134 cm³/mol. The molecule has 176 valence electrons. The summed E-state index contributed by atoms with van der Waals surface area (Å²) in [6, 6.07) is 17.9. The van der Waals surface area contributed by atoms with Crippen LogP contribution >= 0.6 is 0 Å². The van der Waals surface area contributed by atoms with Crippen molar-refractivity contribution in [2.75, 3.05) is 0 Å². The third kappa shape index (κ3) is 8.64. The van der Waals surface area contributed by atoms with Crippen molar-refractivity contribution < 1.29 is 13.9 Å². The molecule has 0 aromatic heterocycles. The molecule has 1 fully saturated rings. The minimum absolute atomic E-state index is 0.161. The Morgan fingerprint density at radius 1 is 1.00 bits per heavy atom. The number of unbranched alkanes of at least 4 members (excludes halogenated alkanes) is 1. The van der Waals surface area contributed by atoms with Gasteiger partial charge in [0.1, 0.15) is 11.9 Å². The van der Waals surface area contributed by atoms with Crippen LogP contribution in [-0.2, 0) is 17.6 Å². The number of allylic oxidation sites excluding steroid dienone is 4. The second-order valence-electron chi connectivity index (χ2n) is 9.07. The van der Waals surface area contributed by atoms with Crippen molar-refractivity contribution in [2.24, 2.45) is 11.8 Å². The monoisotopic (exact) mass is 448 g/mol. The van der Waals surface area contributed by atoms with Crippen molar-refractivity contribution >= 4 is 5.97 Å². The Balaban J connectivity index is 0.000000190. The van der Waals surface area contributed by atoms with Crippen LogP contribution in [0.2, 0.25) is 0 Å². The molecule has 0 spiro atoms. The topological polar surface area (TPSA) is 26.3 Å². The van der Waals surface area contributed by atoms with Gasteiger partial charge in [-0.1, -0.05) is 66.8 Å². The van der Waals surface area contributed by atoms with Crippen LogP contribution in [0, 0.1) is 11.8 Å². The molecule has 0 amide bonds. The maximum Gasteiger partial charge on any atom is 0.311 e. The zero-order valence-electron chi connectivity index (χ0n) is 19.8. The molecule has 2 nitrogen and oxygen atoms in total. The van der Waals surface area contributed by atoms with Gasteiger partial charge in [0, 0.05) is 12.3 Å². The van der Waals surface area contributed by atoms with Crippen LogP contribution in [0.1, 0.15) is 63.0 Å². The van der Waals surface area contributed by atoms with E-state index in [4.69, 9.17) is 4.74 Å². The smallest absolute Gasteiger partial charge is 0.311 e. The maximum absolute atomic E-state index is 13.5. The van der Waals surface area contributed by atoms with Crippen molar-refractivity contribution in [3.63, 3.8) is 0 Å². The highest BCUT2D eigenvalue weighted by atomic mass is 19.1. The summed E-state index contributed by atoms with van der Waals surface area (Å²) < 4.78 is 18.6. The number of halogens is 1. The molecule has 3 heteroatoms. The molecule has 0 aliphatic heterocycles. The molecule has 0 radical (unpaired) electrons. The Bertz CT molecular complexity index is 878. The number of rotatable bonds is 8. The van der Waals surface area contributed by atoms with Crippen LogP contribution in [0.4, 0.5) is 4.39 Å². The van der Waals surface area contributed by atoms with Gasteiger partial charge in [-0.3, -0.25) is 4.79 Å². The highest BCUT2D eigenvalue weighted by molar-refractivity contribution is 5.72. The van der Waals surface area contributed by atoms with Gasteiger partial charge in [-0.25, -0.2) is 4.39 Å².